The molecular weight excluding hydrogens is 187 g/mol. The van der Waals surface area contributed by atoms with Crippen molar-refractivity contribution >= 4 is 35.9 Å². The van der Waals surface area contributed by atoms with Crippen LogP contribution in [-0.4, -0.2) is 17.2 Å². The van der Waals surface area contributed by atoms with Gasteiger partial charge in [0, 0.05) is 6.42 Å². The minimum Gasteiger partial charge on any atom is -0.481 e. The molecule has 0 aromatic carbocycles. The largest absolute Gasteiger partial charge is 0.481 e. The van der Waals surface area contributed by atoms with Gasteiger partial charge in [0.1, 0.15) is 0 Å². The molecule has 0 radical (unpaired) electrons. The molecule has 5 heteroatoms. The first kappa shape index (κ1) is 10.5. The number of carboxylic acids is 1. The van der Waals surface area contributed by atoms with Crippen LogP contribution < -0.4 is 0 Å². The van der Waals surface area contributed by atoms with Gasteiger partial charge in [0.2, 0.25) is 0 Å². The number of hydrogen-bond donors (Lipinski definition) is 2. The van der Waals surface area contributed by atoms with E-state index in [1.807, 2.05) is 0 Å². The van der Waals surface area contributed by atoms with Gasteiger partial charge in [0.25, 0.3) is 0 Å². The first-order valence-electron chi connectivity index (χ1n) is 3.06. The Morgan fingerprint density at radius 2 is 2.20 bits per heavy atom. The normalized spacial score (nSPS) is 12.9. The molecule has 0 aliphatic carbocycles. The highest BCUT2D eigenvalue weighted by molar-refractivity contribution is 8.56. The van der Waals surface area contributed by atoms with E-state index in [4.69, 9.17) is 16.9 Å². The van der Waals surface area contributed by atoms with Gasteiger partial charge in [-0.25, -0.2) is 0 Å². The Hall–Kier alpha value is 0.470. The molecule has 1 atom stereocenters. The van der Waals surface area contributed by atoms with Gasteiger partial charge in [-0.05, 0) is 24.9 Å². The fourth-order valence-electron chi connectivity index (χ4n) is 0.552. The minimum absolute atomic E-state index is 0.262. The Morgan fingerprint density at radius 3 is 2.60 bits per heavy atom. The van der Waals surface area contributed by atoms with Gasteiger partial charge >= 0.3 is 5.97 Å². The topological polar surface area (TPSA) is 37.3 Å². The lowest BCUT2D eigenvalue weighted by Gasteiger charge is -1.95. The maximum absolute atomic E-state index is 10.0. The van der Waals surface area contributed by atoms with Crippen LogP contribution in [0, 0.1) is 0 Å². The molecule has 10 heavy (non-hydrogen) atoms. The zero-order valence-electron chi connectivity index (χ0n) is 5.54. The highest BCUT2D eigenvalue weighted by Gasteiger charge is 1.95. The zero-order valence-corrected chi connectivity index (χ0v) is 8.25. The number of thiol groups is 1. The van der Waals surface area contributed by atoms with Crippen molar-refractivity contribution in [2.24, 2.45) is 0 Å². The van der Waals surface area contributed by atoms with Gasteiger partial charge < -0.3 is 5.11 Å². The molecule has 0 rings (SSSR count). The summed E-state index contributed by atoms with van der Waals surface area (Å²) in [5.74, 6) is -1.57. The van der Waals surface area contributed by atoms with Gasteiger partial charge in [-0.15, -0.1) is 12.2 Å². The third-order valence-electron chi connectivity index (χ3n) is 1.03. The summed E-state index contributed by atoms with van der Waals surface area (Å²) in [4.78, 5) is 10.0. The second-order valence-corrected chi connectivity index (χ2v) is 7.29. The lowest BCUT2D eigenvalue weighted by Crippen LogP contribution is -1.93. The van der Waals surface area contributed by atoms with Crippen molar-refractivity contribution < 1.29 is 9.90 Å². The number of carboxylic acid groups (broad SMARTS) is 1. The summed E-state index contributed by atoms with van der Waals surface area (Å²) in [5, 5.41) is 8.24. The number of hydrogen-bond acceptors (Lipinski definition) is 2. The molecule has 0 aromatic heterocycles. The van der Waals surface area contributed by atoms with Crippen LogP contribution >= 0.6 is 18.1 Å². The SMILES string of the molecule is O=C(O)CCCC[PH](=S)S. The molecule has 0 saturated carbocycles. The van der Waals surface area contributed by atoms with Crippen LogP contribution in [0.4, 0.5) is 0 Å². The van der Waals surface area contributed by atoms with E-state index in [0.29, 0.717) is 0 Å². The highest BCUT2D eigenvalue weighted by Crippen LogP contribution is 2.27. The zero-order chi connectivity index (χ0) is 7.98. The van der Waals surface area contributed by atoms with Crippen molar-refractivity contribution in [2.45, 2.75) is 19.3 Å². The van der Waals surface area contributed by atoms with Crippen molar-refractivity contribution in [3.8, 4) is 0 Å². The van der Waals surface area contributed by atoms with Crippen molar-refractivity contribution in [3.63, 3.8) is 0 Å². The van der Waals surface area contributed by atoms with Gasteiger partial charge in [0.15, 0.2) is 0 Å². The van der Waals surface area contributed by atoms with Gasteiger partial charge in [0.05, 0.1) is 0 Å². The van der Waals surface area contributed by atoms with Crippen molar-refractivity contribution in [1.82, 2.24) is 0 Å². The van der Waals surface area contributed by atoms with E-state index in [-0.39, 0.29) is 6.42 Å². The molecule has 0 spiro atoms. The molecule has 0 saturated heterocycles. The van der Waals surface area contributed by atoms with Gasteiger partial charge in [-0.2, -0.15) is 0 Å². The van der Waals surface area contributed by atoms with Crippen LogP contribution in [0.5, 0.6) is 0 Å². The van der Waals surface area contributed by atoms with E-state index in [0.717, 1.165) is 19.0 Å². The van der Waals surface area contributed by atoms with Gasteiger partial charge in [-0.1, -0.05) is 11.8 Å². The first-order chi connectivity index (χ1) is 4.63. The molecule has 0 bridgehead atoms. The summed E-state index contributed by atoms with van der Waals surface area (Å²) >= 11 is 8.97. The molecule has 0 aromatic rings. The lowest BCUT2D eigenvalue weighted by atomic mass is 10.3. The molecule has 0 aliphatic heterocycles. The summed E-state index contributed by atoms with van der Waals surface area (Å²) in [6.45, 7) is 0. The average molecular weight is 198 g/mol. The summed E-state index contributed by atoms with van der Waals surface area (Å²) < 4.78 is 0. The van der Waals surface area contributed by atoms with Crippen LogP contribution in [-0.2, 0) is 16.6 Å². The van der Waals surface area contributed by atoms with E-state index in [2.05, 4.69) is 12.2 Å². The van der Waals surface area contributed by atoms with Crippen molar-refractivity contribution in [1.29, 1.82) is 0 Å². The maximum atomic E-state index is 10.0. The van der Waals surface area contributed by atoms with Gasteiger partial charge in [-0.3, -0.25) is 4.79 Å². The monoisotopic (exact) mass is 198 g/mol. The Bertz CT molecular complexity index is 122. The fourth-order valence-corrected chi connectivity index (χ4v) is 2.01. The Morgan fingerprint density at radius 1 is 1.60 bits per heavy atom. The van der Waals surface area contributed by atoms with E-state index < -0.39 is 11.9 Å². The minimum atomic E-state index is -0.848. The van der Waals surface area contributed by atoms with E-state index in [1.54, 1.807) is 0 Å². The van der Waals surface area contributed by atoms with E-state index in [9.17, 15) is 4.79 Å². The molecule has 0 amide bonds. The predicted molar refractivity (Wildman–Crippen MR) is 51.0 cm³/mol. The Kier molecular flexibility index (Phi) is 6.49. The lowest BCUT2D eigenvalue weighted by molar-refractivity contribution is -0.137. The van der Waals surface area contributed by atoms with Crippen molar-refractivity contribution in [3.05, 3.63) is 0 Å². The third kappa shape index (κ3) is 8.47. The van der Waals surface area contributed by atoms with E-state index >= 15 is 0 Å². The van der Waals surface area contributed by atoms with Crippen LogP contribution in [0.15, 0.2) is 0 Å². The Balaban J connectivity index is 3.06. The van der Waals surface area contributed by atoms with Crippen LogP contribution in [0.1, 0.15) is 19.3 Å². The molecule has 1 N–H and O–H groups in total. The number of aliphatic carboxylic acids is 1. The molecule has 1 unspecified atom stereocenters. The van der Waals surface area contributed by atoms with Crippen LogP contribution in [0.3, 0.4) is 0 Å². The second kappa shape index (κ2) is 6.20. The third-order valence-corrected chi connectivity index (χ3v) is 3.10. The molecule has 60 valence electrons. The molecule has 0 aliphatic rings. The summed E-state index contributed by atoms with van der Waals surface area (Å²) in [6, 6.07) is 0. The van der Waals surface area contributed by atoms with Crippen LogP contribution in [0.2, 0.25) is 0 Å². The average Bonchev–Trinajstić information content (AvgIpc) is 1.79. The first-order valence-corrected chi connectivity index (χ1v) is 7.19. The summed E-state index contributed by atoms with van der Waals surface area (Å²) in [6.07, 6.45) is 2.84. The Labute approximate surface area is 71.6 Å². The number of rotatable bonds is 5. The van der Waals surface area contributed by atoms with E-state index in [1.165, 1.54) is 0 Å². The van der Waals surface area contributed by atoms with Crippen molar-refractivity contribution in [2.75, 3.05) is 6.16 Å². The second-order valence-electron chi connectivity index (χ2n) is 1.99. The molecule has 0 fully saturated rings. The number of carbonyl (C=O) groups is 1. The fraction of sp³-hybridized carbons (Fsp3) is 0.800. The maximum Gasteiger partial charge on any atom is 0.303 e. The highest BCUT2D eigenvalue weighted by atomic mass is 32.9. The smallest absolute Gasteiger partial charge is 0.303 e. The summed E-state index contributed by atoms with van der Waals surface area (Å²) in [7, 11) is 0. The number of unbranched alkanes of at least 4 members (excludes halogenated alkanes) is 1. The molecular formula is C5H11O2PS2. The quantitative estimate of drug-likeness (QED) is 0.401. The predicted octanol–water partition coefficient (Wildman–Crippen LogP) is 1.76. The molecule has 2 nitrogen and oxygen atoms in total. The standard InChI is InChI=1S/C5H11O2PS2/c6-5(7)3-1-2-4-8(9)10/h8H,1-4H2,(H,6,7)(H,9,10). The summed E-state index contributed by atoms with van der Waals surface area (Å²) in [5.41, 5.74) is 0. The molecule has 0 heterocycles. The van der Waals surface area contributed by atoms with Crippen LogP contribution in [0.25, 0.3) is 0 Å².